The molecule has 2 aliphatic rings. The zero-order valence-corrected chi connectivity index (χ0v) is 20.4. The number of benzene rings is 1. The molecule has 0 atom stereocenters. The van der Waals surface area contributed by atoms with Crippen LogP contribution >= 0.6 is 11.3 Å². The van der Waals surface area contributed by atoms with E-state index >= 15 is 0 Å². The van der Waals surface area contributed by atoms with Gasteiger partial charge in [-0.3, -0.25) is 23.7 Å². The molecule has 2 aliphatic heterocycles. The predicted octanol–water partition coefficient (Wildman–Crippen LogP) is 2.35. The van der Waals surface area contributed by atoms with Crippen LogP contribution in [0, 0.1) is 5.92 Å². The third-order valence-electron chi connectivity index (χ3n) is 6.80. The maximum absolute atomic E-state index is 13.1. The molecule has 0 spiro atoms. The highest BCUT2D eigenvalue weighted by atomic mass is 32.1. The lowest BCUT2D eigenvalue weighted by Crippen LogP contribution is -2.51. The lowest BCUT2D eigenvalue weighted by atomic mass is 9.95. The maximum Gasteiger partial charge on any atom is 0.258 e. The summed E-state index contributed by atoms with van der Waals surface area (Å²) in [6, 6.07) is 11.4. The number of carbonyl (C=O) groups is 2. The van der Waals surface area contributed by atoms with Crippen LogP contribution < -0.4 is 5.56 Å². The fourth-order valence-electron chi connectivity index (χ4n) is 4.77. The monoisotopic (exact) mass is 491 g/mol. The minimum atomic E-state index is -0.0551. The molecule has 4 heterocycles. The normalized spacial score (nSPS) is 17.9. The summed E-state index contributed by atoms with van der Waals surface area (Å²) < 4.78 is 1.56. The molecule has 0 radical (unpaired) electrons. The summed E-state index contributed by atoms with van der Waals surface area (Å²) in [6.07, 6.45) is 6.61. The molecule has 2 saturated heterocycles. The molecule has 9 heteroatoms. The number of hydrogen-bond donors (Lipinski definition) is 0. The Balaban J connectivity index is 1.08. The summed E-state index contributed by atoms with van der Waals surface area (Å²) in [5.41, 5.74) is 1.72. The third-order valence-corrected chi connectivity index (χ3v) is 7.56. The van der Waals surface area contributed by atoms with Gasteiger partial charge >= 0.3 is 0 Å². The van der Waals surface area contributed by atoms with E-state index in [4.69, 9.17) is 0 Å². The van der Waals surface area contributed by atoms with Crippen LogP contribution in [-0.4, -0.2) is 75.2 Å². The smallest absolute Gasteiger partial charge is 0.258 e. The van der Waals surface area contributed by atoms with E-state index in [1.807, 2.05) is 51.6 Å². The average Bonchev–Trinajstić information content (AvgIpc) is 3.37. The van der Waals surface area contributed by atoms with Crippen LogP contribution in [0.2, 0.25) is 0 Å². The van der Waals surface area contributed by atoms with Gasteiger partial charge in [-0.25, -0.2) is 4.98 Å². The number of fused-ring (bicyclic) bond motifs is 1. The highest BCUT2D eigenvalue weighted by Gasteiger charge is 2.31. The minimum Gasteiger partial charge on any atom is -0.340 e. The number of hydrogen-bond acceptors (Lipinski definition) is 6. The zero-order chi connectivity index (χ0) is 24.2. The van der Waals surface area contributed by atoms with E-state index in [-0.39, 0.29) is 23.3 Å². The highest BCUT2D eigenvalue weighted by molar-refractivity contribution is 7.15. The Labute approximate surface area is 208 Å². The number of nitrogens with zero attached hydrogens (tertiary/aromatic N) is 5. The van der Waals surface area contributed by atoms with Gasteiger partial charge in [0.1, 0.15) is 0 Å². The van der Waals surface area contributed by atoms with E-state index in [1.54, 1.807) is 22.7 Å². The molecule has 35 heavy (non-hydrogen) atoms. The van der Waals surface area contributed by atoms with Crippen LogP contribution in [0.5, 0.6) is 0 Å². The first-order valence-electron chi connectivity index (χ1n) is 12.1. The van der Waals surface area contributed by atoms with Crippen molar-refractivity contribution >= 4 is 34.2 Å². The minimum absolute atomic E-state index is 0.00217. The number of likely N-dealkylation sites (tertiary alicyclic amines) is 1. The Morgan fingerprint density at radius 3 is 2.49 bits per heavy atom. The molecule has 0 aliphatic carbocycles. The SMILES string of the molecule is O=C(C=Cc1ccccc1)N1CCC(C(=O)N2CCN(Cc3cc(=O)n4ccsc4n3)CC2)CC1. The molecule has 5 rings (SSSR count). The molecule has 1 aromatic carbocycles. The Kier molecular flexibility index (Phi) is 7.06. The van der Waals surface area contributed by atoms with E-state index in [1.165, 1.54) is 11.3 Å². The van der Waals surface area contributed by atoms with Crippen molar-refractivity contribution in [2.24, 2.45) is 5.92 Å². The van der Waals surface area contributed by atoms with Gasteiger partial charge in [0.15, 0.2) is 4.96 Å². The van der Waals surface area contributed by atoms with E-state index in [0.717, 1.165) is 24.3 Å². The van der Waals surface area contributed by atoms with Gasteiger partial charge < -0.3 is 9.80 Å². The van der Waals surface area contributed by atoms with Gasteiger partial charge in [-0.05, 0) is 24.5 Å². The topological polar surface area (TPSA) is 78.2 Å². The summed E-state index contributed by atoms with van der Waals surface area (Å²) in [6.45, 7) is 4.72. The lowest BCUT2D eigenvalue weighted by Gasteiger charge is -2.38. The Hall–Kier alpha value is -3.30. The lowest BCUT2D eigenvalue weighted by molar-refractivity contribution is -0.141. The average molecular weight is 492 g/mol. The van der Waals surface area contributed by atoms with E-state index in [2.05, 4.69) is 9.88 Å². The van der Waals surface area contributed by atoms with Crippen molar-refractivity contribution in [1.29, 1.82) is 0 Å². The molecule has 0 saturated carbocycles. The van der Waals surface area contributed by atoms with Crippen LogP contribution in [-0.2, 0) is 16.1 Å². The highest BCUT2D eigenvalue weighted by Crippen LogP contribution is 2.21. The van der Waals surface area contributed by atoms with E-state index in [9.17, 15) is 14.4 Å². The second-order valence-corrected chi connectivity index (χ2v) is 9.96. The molecule has 2 fully saturated rings. The first-order valence-corrected chi connectivity index (χ1v) is 12.9. The largest absolute Gasteiger partial charge is 0.340 e. The van der Waals surface area contributed by atoms with Crippen molar-refractivity contribution in [2.45, 2.75) is 19.4 Å². The van der Waals surface area contributed by atoms with E-state index in [0.29, 0.717) is 50.5 Å². The maximum atomic E-state index is 13.1. The van der Waals surface area contributed by atoms with Gasteiger partial charge in [-0.15, -0.1) is 11.3 Å². The van der Waals surface area contributed by atoms with Crippen molar-refractivity contribution < 1.29 is 9.59 Å². The summed E-state index contributed by atoms with van der Waals surface area (Å²) in [7, 11) is 0. The third kappa shape index (κ3) is 5.52. The standard InChI is InChI=1S/C26H29N5O3S/c32-23(7-6-20-4-2-1-3-5-20)29-10-8-21(9-11-29)25(34)30-14-12-28(13-15-30)19-22-18-24(33)31-16-17-35-26(31)27-22/h1-7,16-18,21H,8-15,19H2. The van der Waals surface area contributed by atoms with Crippen molar-refractivity contribution in [2.75, 3.05) is 39.3 Å². The molecular formula is C26H29N5O3S. The van der Waals surface area contributed by atoms with Gasteiger partial charge in [0.2, 0.25) is 11.8 Å². The zero-order valence-electron chi connectivity index (χ0n) is 19.6. The fraction of sp³-hybridized carbons (Fsp3) is 0.385. The van der Waals surface area contributed by atoms with Crippen molar-refractivity contribution in [1.82, 2.24) is 24.1 Å². The summed E-state index contributed by atoms with van der Waals surface area (Å²) >= 11 is 1.45. The summed E-state index contributed by atoms with van der Waals surface area (Å²) in [4.78, 5) is 49.2. The molecule has 3 aromatic rings. The number of thiazole rings is 1. The van der Waals surface area contributed by atoms with Gasteiger partial charge in [-0.2, -0.15) is 0 Å². The van der Waals surface area contributed by atoms with Crippen LogP contribution in [0.15, 0.2) is 58.8 Å². The fourth-order valence-corrected chi connectivity index (χ4v) is 5.51. The molecule has 0 bridgehead atoms. The van der Waals surface area contributed by atoms with Gasteiger partial charge in [0.05, 0.1) is 5.69 Å². The Bertz CT molecular complexity index is 1270. The molecule has 0 N–H and O–H groups in total. The summed E-state index contributed by atoms with van der Waals surface area (Å²) in [5.74, 6) is 0.182. The molecule has 182 valence electrons. The van der Waals surface area contributed by atoms with Gasteiger partial charge in [-0.1, -0.05) is 30.3 Å². The van der Waals surface area contributed by atoms with E-state index < -0.39 is 0 Å². The van der Waals surface area contributed by atoms with Crippen LogP contribution in [0.4, 0.5) is 0 Å². The van der Waals surface area contributed by atoms with Crippen LogP contribution in [0.1, 0.15) is 24.1 Å². The second-order valence-electron chi connectivity index (χ2n) is 9.09. The quantitative estimate of drug-likeness (QED) is 0.512. The number of amides is 2. The number of carbonyl (C=O) groups excluding carboxylic acids is 2. The van der Waals surface area contributed by atoms with Gasteiger partial charge in [0.25, 0.3) is 5.56 Å². The van der Waals surface area contributed by atoms with Crippen LogP contribution in [0.3, 0.4) is 0 Å². The number of piperidine rings is 1. The number of aromatic nitrogens is 2. The first-order chi connectivity index (χ1) is 17.1. The Morgan fingerprint density at radius 2 is 1.74 bits per heavy atom. The predicted molar refractivity (Wildman–Crippen MR) is 136 cm³/mol. The molecule has 0 unspecified atom stereocenters. The molecule has 2 amide bonds. The second kappa shape index (κ2) is 10.5. The van der Waals surface area contributed by atoms with Crippen molar-refractivity contribution in [3.8, 4) is 0 Å². The molecule has 8 nitrogen and oxygen atoms in total. The van der Waals surface area contributed by atoms with Crippen LogP contribution in [0.25, 0.3) is 11.0 Å². The summed E-state index contributed by atoms with van der Waals surface area (Å²) in [5, 5.41) is 1.86. The van der Waals surface area contributed by atoms with Gasteiger partial charge in [0, 0.05) is 75.5 Å². The molecule has 2 aromatic heterocycles. The van der Waals surface area contributed by atoms with Crippen molar-refractivity contribution in [3.05, 3.63) is 75.7 Å². The molecular weight excluding hydrogens is 462 g/mol. The Morgan fingerprint density at radius 1 is 1.00 bits per heavy atom. The number of rotatable bonds is 5. The van der Waals surface area contributed by atoms with Crippen molar-refractivity contribution in [3.63, 3.8) is 0 Å². The first kappa shape index (κ1) is 23.4. The number of piperazine rings is 1.